The van der Waals surface area contributed by atoms with E-state index in [2.05, 4.69) is 10.6 Å². The zero-order chi connectivity index (χ0) is 16.4. The van der Waals surface area contributed by atoms with E-state index in [1.165, 1.54) is 0 Å². The lowest BCUT2D eigenvalue weighted by Crippen LogP contribution is -2.51. The molecule has 0 aliphatic carbocycles. The van der Waals surface area contributed by atoms with Crippen molar-refractivity contribution < 1.29 is 14.3 Å². The Morgan fingerprint density at radius 1 is 1.09 bits per heavy atom. The van der Waals surface area contributed by atoms with Gasteiger partial charge in [-0.1, -0.05) is 32.0 Å². The summed E-state index contributed by atoms with van der Waals surface area (Å²) in [6.07, 6.45) is 1.56. The number of rotatable bonds is 9. The van der Waals surface area contributed by atoms with Crippen molar-refractivity contribution in [1.82, 2.24) is 10.6 Å². The third-order valence-electron chi connectivity index (χ3n) is 3.61. The van der Waals surface area contributed by atoms with Crippen molar-refractivity contribution in [3.8, 4) is 5.75 Å². The molecule has 1 aromatic carbocycles. The van der Waals surface area contributed by atoms with E-state index in [0.29, 0.717) is 12.3 Å². The second-order valence-corrected chi connectivity index (χ2v) is 5.22. The number of carbonyl (C=O) groups is 2. The summed E-state index contributed by atoms with van der Waals surface area (Å²) >= 11 is 0. The fourth-order valence-electron chi connectivity index (χ4n) is 1.73. The standard InChI is InChI=1S/C16H25N3O3/c1-3-16(17,4-2)12-19-14(20)10-18-15(21)11-22-13-8-6-5-7-9-13/h5-9H,3-4,10-12,17H2,1-2H3,(H,18,21)(H,19,20). The predicted octanol–water partition coefficient (Wildman–Crippen LogP) is 0.815. The van der Waals surface area contributed by atoms with Crippen LogP contribution in [0, 0.1) is 0 Å². The van der Waals surface area contributed by atoms with Crippen molar-refractivity contribution in [3.63, 3.8) is 0 Å². The van der Waals surface area contributed by atoms with Crippen molar-refractivity contribution in [3.05, 3.63) is 30.3 Å². The van der Waals surface area contributed by atoms with Gasteiger partial charge in [0.25, 0.3) is 5.91 Å². The summed E-state index contributed by atoms with van der Waals surface area (Å²) in [6, 6.07) is 9.02. The third-order valence-corrected chi connectivity index (χ3v) is 3.61. The molecular weight excluding hydrogens is 282 g/mol. The molecule has 0 aromatic heterocycles. The first-order chi connectivity index (χ1) is 10.5. The zero-order valence-corrected chi connectivity index (χ0v) is 13.2. The molecule has 0 atom stereocenters. The molecule has 0 spiro atoms. The number of benzene rings is 1. The molecule has 0 heterocycles. The molecule has 6 heteroatoms. The van der Waals surface area contributed by atoms with Crippen molar-refractivity contribution in [2.75, 3.05) is 19.7 Å². The largest absolute Gasteiger partial charge is 0.484 e. The molecule has 122 valence electrons. The summed E-state index contributed by atoms with van der Waals surface area (Å²) < 4.78 is 5.29. The summed E-state index contributed by atoms with van der Waals surface area (Å²) in [5.41, 5.74) is 5.70. The van der Waals surface area contributed by atoms with Crippen LogP contribution in [0.25, 0.3) is 0 Å². The van der Waals surface area contributed by atoms with E-state index < -0.39 is 5.54 Å². The summed E-state index contributed by atoms with van der Waals surface area (Å²) in [6.45, 7) is 4.16. The van der Waals surface area contributed by atoms with Crippen molar-refractivity contribution in [1.29, 1.82) is 0 Å². The summed E-state index contributed by atoms with van der Waals surface area (Å²) in [4.78, 5) is 23.3. The van der Waals surface area contributed by atoms with E-state index in [0.717, 1.165) is 12.8 Å². The van der Waals surface area contributed by atoms with Crippen LogP contribution in [-0.4, -0.2) is 37.0 Å². The Bertz CT molecular complexity index is 473. The Kier molecular flexibility index (Phi) is 7.39. The first kappa shape index (κ1) is 18.0. The summed E-state index contributed by atoms with van der Waals surface area (Å²) in [5.74, 6) is 0.00897. The summed E-state index contributed by atoms with van der Waals surface area (Å²) in [7, 11) is 0. The number of amides is 2. The van der Waals surface area contributed by atoms with E-state index in [1.807, 2.05) is 32.0 Å². The van der Waals surface area contributed by atoms with Crippen LogP contribution in [-0.2, 0) is 9.59 Å². The van der Waals surface area contributed by atoms with Crippen molar-refractivity contribution >= 4 is 11.8 Å². The van der Waals surface area contributed by atoms with Gasteiger partial charge in [-0.25, -0.2) is 0 Å². The van der Waals surface area contributed by atoms with Gasteiger partial charge in [-0.2, -0.15) is 0 Å². The van der Waals surface area contributed by atoms with Crippen molar-refractivity contribution in [2.45, 2.75) is 32.2 Å². The fourth-order valence-corrected chi connectivity index (χ4v) is 1.73. The lowest BCUT2D eigenvalue weighted by molar-refractivity contribution is -0.127. The molecule has 0 radical (unpaired) electrons. The highest BCUT2D eigenvalue weighted by molar-refractivity contribution is 5.85. The smallest absolute Gasteiger partial charge is 0.258 e. The maximum Gasteiger partial charge on any atom is 0.258 e. The van der Waals surface area contributed by atoms with Gasteiger partial charge in [-0.15, -0.1) is 0 Å². The topological polar surface area (TPSA) is 93.5 Å². The minimum absolute atomic E-state index is 0.0828. The monoisotopic (exact) mass is 307 g/mol. The number of hydrogen-bond acceptors (Lipinski definition) is 4. The Morgan fingerprint density at radius 2 is 1.73 bits per heavy atom. The first-order valence-electron chi connectivity index (χ1n) is 7.49. The highest BCUT2D eigenvalue weighted by atomic mass is 16.5. The van der Waals surface area contributed by atoms with Gasteiger partial charge in [-0.05, 0) is 25.0 Å². The van der Waals surface area contributed by atoms with E-state index >= 15 is 0 Å². The lowest BCUT2D eigenvalue weighted by atomic mass is 9.94. The third kappa shape index (κ3) is 6.58. The SMILES string of the molecule is CCC(N)(CC)CNC(=O)CNC(=O)COc1ccccc1. The van der Waals surface area contributed by atoms with Gasteiger partial charge in [0.2, 0.25) is 5.91 Å². The van der Waals surface area contributed by atoms with E-state index in [1.54, 1.807) is 12.1 Å². The fraction of sp³-hybridized carbons (Fsp3) is 0.500. The van der Waals surface area contributed by atoms with Crippen LogP contribution in [0.2, 0.25) is 0 Å². The van der Waals surface area contributed by atoms with Crippen LogP contribution < -0.4 is 21.1 Å². The van der Waals surface area contributed by atoms with E-state index in [4.69, 9.17) is 10.5 Å². The van der Waals surface area contributed by atoms with E-state index in [-0.39, 0.29) is 25.0 Å². The van der Waals surface area contributed by atoms with Crippen LogP contribution in [0.1, 0.15) is 26.7 Å². The first-order valence-corrected chi connectivity index (χ1v) is 7.49. The number of nitrogens with two attached hydrogens (primary N) is 1. The molecule has 0 fully saturated rings. The number of carbonyl (C=O) groups excluding carboxylic acids is 2. The minimum Gasteiger partial charge on any atom is -0.484 e. The van der Waals surface area contributed by atoms with Crippen LogP contribution >= 0.6 is 0 Å². The molecule has 0 saturated heterocycles. The molecule has 22 heavy (non-hydrogen) atoms. The quantitative estimate of drug-likeness (QED) is 0.629. The number of ether oxygens (including phenoxy) is 1. The van der Waals surface area contributed by atoms with Crippen molar-refractivity contribution in [2.24, 2.45) is 5.73 Å². The van der Waals surface area contributed by atoms with Crippen LogP contribution in [0.4, 0.5) is 0 Å². The van der Waals surface area contributed by atoms with Gasteiger partial charge in [0, 0.05) is 12.1 Å². The lowest BCUT2D eigenvalue weighted by Gasteiger charge is -2.26. The number of nitrogens with one attached hydrogen (secondary N) is 2. The van der Waals surface area contributed by atoms with E-state index in [9.17, 15) is 9.59 Å². The molecule has 0 saturated carbocycles. The van der Waals surface area contributed by atoms with Crippen LogP contribution in [0.3, 0.4) is 0 Å². The average Bonchev–Trinajstić information content (AvgIpc) is 2.56. The molecule has 2 amide bonds. The second kappa shape index (κ2) is 9.04. The average molecular weight is 307 g/mol. The normalized spacial score (nSPS) is 10.9. The van der Waals surface area contributed by atoms with Gasteiger partial charge in [0.05, 0.1) is 6.54 Å². The Labute approximate surface area is 131 Å². The summed E-state index contributed by atoms with van der Waals surface area (Å²) in [5, 5.41) is 5.24. The van der Waals surface area contributed by atoms with Gasteiger partial charge in [0.15, 0.2) is 6.61 Å². The van der Waals surface area contributed by atoms with Crippen LogP contribution in [0.5, 0.6) is 5.75 Å². The molecule has 6 nitrogen and oxygen atoms in total. The highest BCUT2D eigenvalue weighted by Crippen LogP contribution is 2.09. The Hall–Kier alpha value is -2.08. The molecule has 1 aromatic rings. The zero-order valence-electron chi connectivity index (χ0n) is 13.2. The maximum absolute atomic E-state index is 11.7. The minimum atomic E-state index is -0.393. The van der Waals surface area contributed by atoms with Crippen LogP contribution in [0.15, 0.2) is 30.3 Å². The van der Waals surface area contributed by atoms with Gasteiger partial charge < -0.3 is 21.1 Å². The molecule has 0 aliphatic heterocycles. The predicted molar refractivity (Wildman–Crippen MR) is 85.5 cm³/mol. The molecular formula is C16H25N3O3. The Morgan fingerprint density at radius 3 is 2.32 bits per heavy atom. The molecule has 0 unspecified atom stereocenters. The number of hydrogen-bond donors (Lipinski definition) is 3. The Balaban J connectivity index is 2.22. The van der Waals surface area contributed by atoms with Gasteiger partial charge in [0.1, 0.15) is 5.75 Å². The maximum atomic E-state index is 11.7. The molecule has 4 N–H and O–H groups in total. The number of para-hydroxylation sites is 1. The van der Waals surface area contributed by atoms with Gasteiger partial charge in [-0.3, -0.25) is 9.59 Å². The molecule has 0 bridgehead atoms. The highest BCUT2D eigenvalue weighted by Gasteiger charge is 2.20. The van der Waals surface area contributed by atoms with Gasteiger partial charge >= 0.3 is 0 Å². The molecule has 1 rings (SSSR count). The molecule has 0 aliphatic rings. The second-order valence-electron chi connectivity index (χ2n) is 5.22.